The fourth-order valence-corrected chi connectivity index (χ4v) is 6.56. The lowest BCUT2D eigenvalue weighted by atomic mass is 9.97. The Balaban J connectivity index is 1.35. The number of amides is 4. The molecule has 0 bridgehead atoms. The van der Waals surface area contributed by atoms with Gasteiger partial charge >= 0.3 is 12.1 Å². The number of nitrogens with one attached hydrogen (secondary N) is 3. The summed E-state index contributed by atoms with van der Waals surface area (Å²) in [5.41, 5.74) is 2.34. The molecule has 4 amide bonds. The van der Waals surface area contributed by atoms with Gasteiger partial charge in [0.05, 0.1) is 25.1 Å². The number of aromatic nitrogens is 1. The number of methoxy groups -OCH3 is 1. The smallest absolute Gasteiger partial charge is 0.408 e. The van der Waals surface area contributed by atoms with Crippen molar-refractivity contribution in [3.05, 3.63) is 35.5 Å². The highest BCUT2D eigenvalue weighted by Gasteiger charge is 2.39. The van der Waals surface area contributed by atoms with Gasteiger partial charge in [-0.2, -0.15) is 5.26 Å². The van der Waals surface area contributed by atoms with Crippen molar-refractivity contribution >= 4 is 40.7 Å². The van der Waals surface area contributed by atoms with E-state index in [2.05, 4.69) is 39.9 Å². The van der Waals surface area contributed by atoms with Gasteiger partial charge in [-0.1, -0.05) is 12.1 Å². The van der Waals surface area contributed by atoms with Crippen molar-refractivity contribution in [2.45, 2.75) is 108 Å². The highest BCUT2D eigenvalue weighted by Crippen LogP contribution is 2.26. The number of aliphatic carboxylic acids is 1. The molecule has 2 aliphatic heterocycles. The Hall–Kier alpha value is -4.64. The molecule has 14 heteroatoms. The first kappa shape index (κ1) is 37.2. The van der Waals surface area contributed by atoms with E-state index < -0.39 is 48.0 Å². The summed E-state index contributed by atoms with van der Waals surface area (Å²) in [6.45, 7) is 5.54. The molecule has 1 aromatic carbocycles. The molecular formula is C35H48N6O8. The van der Waals surface area contributed by atoms with Gasteiger partial charge in [-0.3, -0.25) is 14.4 Å². The van der Waals surface area contributed by atoms with E-state index in [1.807, 2.05) is 11.0 Å². The number of likely N-dealkylation sites (tertiary alicyclic amines) is 2. The number of H-pyrrole nitrogens is 1. The lowest BCUT2D eigenvalue weighted by Gasteiger charge is -2.40. The molecule has 2 fully saturated rings. The van der Waals surface area contributed by atoms with Crippen molar-refractivity contribution in [1.29, 1.82) is 5.26 Å². The third-order valence-corrected chi connectivity index (χ3v) is 8.90. The fraction of sp³-hybridized carbons (Fsp3) is 0.600. The second kappa shape index (κ2) is 16.6. The second-order valence-electron chi connectivity index (χ2n) is 13.8. The minimum absolute atomic E-state index is 0.0202. The van der Waals surface area contributed by atoms with E-state index in [1.165, 1.54) is 12.0 Å². The van der Waals surface area contributed by atoms with E-state index in [1.54, 1.807) is 20.8 Å². The van der Waals surface area contributed by atoms with E-state index >= 15 is 0 Å². The van der Waals surface area contributed by atoms with Crippen LogP contribution in [0.1, 0.15) is 77.0 Å². The van der Waals surface area contributed by atoms with Gasteiger partial charge in [0, 0.05) is 37.3 Å². The number of benzene rings is 1. The molecule has 1 aromatic heterocycles. The van der Waals surface area contributed by atoms with Crippen LogP contribution in [0.4, 0.5) is 4.79 Å². The summed E-state index contributed by atoms with van der Waals surface area (Å²) in [5, 5.41) is 24.4. The Labute approximate surface area is 286 Å². The molecule has 2 unspecified atom stereocenters. The zero-order valence-electron chi connectivity index (χ0n) is 28.8. The van der Waals surface area contributed by atoms with E-state index in [0.717, 1.165) is 47.8 Å². The Morgan fingerprint density at radius 2 is 1.90 bits per heavy atom. The molecule has 0 radical (unpaired) electrons. The summed E-state index contributed by atoms with van der Waals surface area (Å²) in [4.78, 5) is 70.9. The van der Waals surface area contributed by atoms with Gasteiger partial charge in [0.1, 0.15) is 24.2 Å². The molecular weight excluding hydrogens is 632 g/mol. The number of aromatic amines is 1. The molecule has 4 rings (SSSR count). The number of alkyl carbamates (subject to hydrolysis) is 1. The van der Waals surface area contributed by atoms with Gasteiger partial charge in [-0.15, -0.1) is 0 Å². The molecule has 3 heterocycles. The molecule has 2 saturated heterocycles. The number of nitrogens with zero attached hydrogens (tertiary/aromatic N) is 3. The number of piperidine rings is 1. The summed E-state index contributed by atoms with van der Waals surface area (Å²) in [6.07, 6.45) is 3.59. The first-order valence-electron chi connectivity index (χ1n) is 16.9. The molecule has 0 aliphatic carbocycles. The van der Waals surface area contributed by atoms with Crippen molar-refractivity contribution in [3.63, 3.8) is 0 Å². The zero-order chi connectivity index (χ0) is 35.7. The first-order valence-corrected chi connectivity index (χ1v) is 16.9. The summed E-state index contributed by atoms with van der Waals surface area (Å²) in [7, 11) is 1.52. The van der Waals surface area contributed by atoms with Crippen LogP contribution in [0.2, 0.25) is 0 Å². The monoisotopic (exact) mass is 680 g/mol. The average Bonchev–Trinajstić information content (AvgIpc) is 3.67. The molecule has 4 N–H and O–H groups in total. The SMILES string of the molecule is COCC1CCC(NC(=O)C[C@H](NC(=O)OC(C)(C)C)C(=O)O)C(=O)N1CC(=O)N1CCC[C@H]1CCc1cc2ccc(CCC#N)cc2[nH]1. The van der Waals surface area contributed by atoms with Crippen LogP contribution in [0.25, 0.3) is 10.9 Å². The summed E-state index contributed by atoms with van der Waals surface area (Å²) in [5.74, 6) is -2.76. The van der Waals surface area contributed by atoms with Crippen molar-refractivity contribution in [3.8, 4) is 6.07 Å². The fourth-order valence-electron chi connectivity index (χ4n) is 6.56. The Kier molecular flexibility index (Phi) is 12.6. The predicted octanol–water partition coefficient (Wildman–Crippen LogP) is 3.04. The maximum absolute atomic E-state index is 13.7. The van der Waals surface area contributed by atoms with Crippen LogP contribution in [0.3, 0.4) is 0 Å². The maximum atomic E-state index is 13.7. The highest BCUT2D eigenvalue weighted by atomic mass is 16.6. The van der Waals surface area contributed by atoms with Crippen LogP contribution >= 0.6 is 0 Å². The van der Waals surface area contributed by atoms with Crippen LogP contribution in [-0.4, -0.2) is 106 Å². The second-order valence-corrected chi connectivity index (χ2v) is 13.8. The molecule has 14 nitrogen and oxygen atoms in total. The first-order chi connectivity index (χ1) is 23.3. The van der Waals surface area contributed by atoms with E-state index in [9.17, 15) is 29.1 Å². The number of hydrogen-bond donors (Lipinski definition) is 4. The third-order valence-electron chi connectivity index (χ3n) is 8.90. The van der Waals surface area contributed by atoms with Gasteiger partial charge in [-0.05, 0) is 88.8 Å². The van der Waals surface area contributed by atoms with Gasteiger partial charge in [0.25, 0.3) is 0 Å². The zero-order valence-corrected chi connectivity index (χ0v) is 28.8. The van der Waals surface area contributed by atoms with Crippen molar-refractivity contribution < 1.29 is 38.6 Å². The largest absolute Gasteiger partial charge is 0.480 e. The molecule has 266 valence electrons. The predicted molar refractivity (Wildman–Crippen MR) is 179 cm³/mol. The van der Waals surface area contributed by atoms with Gasteiger partial charge < -0.3 is 40.0 Å². The molecule has 0 saturated carbocycles. The topological polar surface area (TPSA) is 194 Å². The Bertz CT molecular complexity index is 1560. The minimum atomic E-state index is -1.56. The van der Waals surface area contributed by atoms with Crippen molar-refractivity contribution in [2.24, 2.45) is 0 Å². The quantitative estimate of drug-likeness (QED) is 0.232. The van der Waals surface area contributed by atoms with Gasteiger partial charge in [0.2, 0.25) is 17.7 Å². The number of hydrogen-bond acceptors (Lipinski definition) is 8. The molecule has 2 aromatic rings. The van der Waals surface area contributed by atoms with Crippen molar-refractivity contribution in [2.75, 3.05) is 26.8 Å². The standard InChI is InChI=1S/C35H48N6O8/c1-35(2,3)49-34(47)39-29(33(45)46)19-30(42)38-27-14-13-26(21-48-4)41(32(27)44)20-31(43)40-16-6-8-25(40)12-11-24-18-23-10-9-22(7-5-15-36)17-28(23)37-24/h9-10,17-18,25-27,29,37H,5-8,11-14,16,19-21H2,1-4H3,(H,38,42)(H,39,47)(H,45,46)/t25-,26?,27?,29-/m0/s1. The number of carbonyl (C=O) groups excluding carboxylic acids is 4. The third kappa shape index (κ3) is 10.4. The van der Waals surface area contributed by atoms with Crippen LogP contribution in [0.15, 0.2) is 24.3 Å². The number of carbonyl (C=O) groups is 5. The normalized spacial score (nSPS) is 20.1. The lowest BCUT2D eigenvalue weighted by molar-refractivity contribution is -0.149. The number of carboxylic acids is 1. The van der Waals surface area contributed by atoms with E-state index in [4.69, 9.17) is 14.7 Å². The minimum Gasteiger partial charge on any atom is -0.480 e. The van der Waals surface area contributed by atoms with Gasteiger partial charge in [-0.25, -0.2) is 9.59 Å². The van der Waals surface area contributed by atoms with Crippen LogP contribution in [0, 0.1) is 11.3 Å². The highest BCUT2D eigenvalue weighted by molar-refractivity contribution is 5.93. The average molecular weight is 681 g/mol. The number of fused-ring (bicyclic) bond motifs is 1. The number of carboxylic acid groups (broad SMARTS) is 1. The number of ether oxygens (including phenoxy) is 2. The lowest BCUT2D eigenvalue weighted by Crippen LogP contribution is -2.60. The molecule has 0 spiro atoms. The number of rotatable bonds is 14. The van der Waals surface area contributed by atoms with Crippen LogP contribution in [-0.2, 0) is 41.5 Å². The number of aryl methyl sites for hydroxylation is 2. The van der Waals surface area contributed by atoms with Crippen LogP contribution < -0.4 is 10.6 Å². The van der Waals surface area contributed by atoms with Crippen LogP contribution in [0.5, 0.6) is 0 Å². The van der Waals surface area contributed by atoms with Crippen molar-refractivity contribution in [1.82, 2.24) is 25.4 Å². The summed E-state index contributed by atoms with van der Waals surface area (Å²) < 4.78 is 10.5. The maximum Gasteiger partial charge on any atom is 0.408 e. The molecule has 2 aliphatic rings. The number of nitriles is 1. The summed E-state index contributed by atoms with van der Waals surface area (Å²) >= 11 is 0. The Morgan fingerprint density at radius 3 is 2.59 bits per heavy atom. The van der Waals surface area contributed by atoms with Gasteiger partial charge in [0.15, 0.2) is 0 Å². The molecule has 49 heavy (non-hydrogen) atoms. The van der Waals surface area contributed by atoms with E-state index in [-0.39, 0.29) is 37.6 Å². The molecule has 4 atom stereocenters. The summed E-state index contributed by atoms with van der Waals surface area (Å²) in [6, 6.07) is 7.62. The Morgan fingerprint density at radius 1 is 1.12 bits per heavy atom. The van der Waals surface area contributed by atoms with E-state index in [0.29, 0.717) is 25.8 Å².